The molecule has 4 aromatic rings. The van der Waals surface area contributed by atoms with Gasteiger partial charge in [-0.25, -0.2) is 32.2 Å². The zero-order chi connectivity index (χ0) is 30.4. The van der Waals surface area contributed by atoms with E-state index in [2.05, 4.69) is 35.7 Å². The number of anilines is 3. The molecular weight excluding hydrogens is 578 g/mol. The lowest BCUT2D eigenvalue weighted by molar-refractivity contribution is 0.0170. The minimum Gasteiger partial charge on any atom is -0.390 e. The van der Waals surface area contributed by atoms with Crippen molar-refractivity contribution in [2.45, 2.75) is 75.2 Å². The molecule has 0 bridgehead atoms. The predicted molar refractivity (Wildman–Crippen MR) is 157 cm³/mol. The van der Waals surface area contributed by atoms with Gasteiger partial charge in [-0.2, -0.15) is 9.19 Å². The van der Waals surface area contributed by atoms with Crippen LogP contribution in [0.3, 0.4) is 0 Å². The fourth-order valence-corrected chi connectivity index (χ4v) is 6.52. The molecule has 3 N–H and O–H groups in total. The van der Waals surface area contributed by atoms with Crippen molar-refractivity contribution >= 4 is 27.3 Å². The van der Waals surface area contributed by atoms with Crippen LogP contribution < -0.4 is 10.6 Å². The smallest absolute Gasteiger partial charge is 0.272 e. The van der Waals surface area contributed by atoms with Crippen LogP contribution >= 0.6 is 0 Å². The second kappa shape index (κ2) is 10.9. The summed E-state index contributed by atoms with van der Waals surface area (Å²) in [4.78, 5) is 17.6. The van der Waals surface area contributed by atoms with Gasteiger partial charge in [-0.05, 0) is 63.6 Å². The minimum absolute atomic E-state index is 0.0857. The first-order chi connectivity index (χ1) is 20.4. The Labute approximate surface area is 247 Å². The Morgan fingerprint density at radius 3 is 2.47 bits per heavy atom. The molecule has 0 aromatic carbocycles. The van der Waals surface area contributed by atoms with Crippen LogP contribution in [-0.2, 0) is 15.9 Å². The Kier molecular flexibility index (Phi) is 7.37. The predicted octanol–water partition coefficient (Wildman–Crippen LogP) is 5.10. The summed E-state index contributed by atoms with van der Waals surface area (Å²) >= 11 is 0. The van der Waals surface area contributed by atoms with Crippen LogP contribution in [0, 0.1) is 0 Å². The summed E-state index contributed by atoms with van der Waals surface area (Å²) in [5, 5.41) is 20.7. The average Bonchev–Trinajstić information content (AvgIpc) is 3.71. The fourth-order valence-electron chi connectivity index (χ4n) is 5.04. The summed E-state index contributed by atoms with van der Waals surface area (Å²) in [6, 6.07) is 6.45. The van der Waals surface area contributed by atoms with Crippen molar-refractivity contribution < 1.29 is 22.3 Å². The van der Waals surface area contributed by atoms with E-state index in [1.165, 1.54) is 24.7 Å². The number of alkyl halides is 2. The zero-order valence-electron chi connectivity index (χ0n) is 23.7. The van der Waals surface area contributed by atoms with E-state index in [0.29, 0.717) is 65.7 Å². The van der Waals surface area contributed by atoms with Gasteiger partial charge in [0.15, 0.2) is 5.82 Å². The lowest BCUT2D eigenvalue weighted by Gasteiger charge is -2.34. The Morgan fingerprint density at radius 2 is 1.79 bits per heavy atom. The van der Waals surface area contributed by atoms with Crippen LogP contribution in [0.2, 0.25) is 0 Å². The third-order valence-electron chi connectivity index (χ3n) is 7.81. The van der Waals surface area contributed by atoms with Crippen molar-refractivity contribution in [1.29, 1.82) is 0 Å². The first-order valence-corrected chi connectivity index (χ1v) is 15.6. The lowest BCUT2D eigenvalue weighted by atomic mass is 9.83. The number of nitrogens with zero attached hydrogens (tertiary/aromatic N) is 6. The molecule has 0 amide bonds. The molecule has 11 nitrogen and oxygen atoms in total. The van der Waals surface area contributed by atoms with E-state index in [1.807, 2.05) is 6.92 Å². The topological polar surface area (TPSA) is 148 Å². The van der Waals surface area contributed by atoms with E-state index in [4.69, 9.17) is 0 Å². The van der Waals surface area contributed by atoms with Gasteiger partial charge in [-0.3, -0.25) is 4.98 Å². The second-order valence-corrected chi connectivity index (χ2v) is 13.7. The standard InChI is InChI=1S/C29H32F2N8O3S/c1-28(40)10-7-20(8-11-28)36-24-13-26(34-16-22(24)23-6-3-19(15-33-23)29(2,30)31)37-25-9-12-32-27(38-25)18-14-35-39(17-18)43(41,42)21-4-5-21/h3,6,9,12-17,20-21,40H,4-5,7-8,10-11H2,1-2H3,(H2,32,34,36,37,38). The van der Waals surface area contributed by atoms with Crippen molar-refractivity contribution in [1.82, 2.24) is 29.1 Å². The summed E-state index contributed by atoms with van der Waals surface area (Å²) in [6.07, 6.45) is 11.2. The maximum atomic E-state index is 13.8. The van der Waals surface area contributed by atoms with Gasteiger partial charge in [0.25, 0.3) is 15.9 Å². The normalized spacial score (nSPS) is 21.0. The van der Waals surface area contributed by atoms with Crippen LogP contribution in [0.15, 0.2) is 55.2 Å². The first-order valence-electron chi connectivity index (χ1n) is 14.1. The highest BCUT2D eigenvalue weighted by molar-refractivity contribution is 7.90. The first kappa shape index (κ1) is 29.1. The van der Waals surface area contributed by atoms with Gasteiger partial charge in [0.1, 0.15) is 11.6 Å². The molecule has 4 heterocycles. The average molecular weight is 611 g/mol. The number of pyridine rings is 2. The summed E-state index contributed by atoms with van der Waals surface area (Å²) < 4.78 is 53.6. The van der Waals surface area contributed by atoms with Gasteiger partial charge in [0, 0.05) is 54.4 Å². The number of aromatic nitrogens is 6. The molecular formula is C29H32F2N8O3S. The number of nitrogens with one attached hydrogen (secondary N) is 2. The third kappa shape index (κ3) is 6.49. The van der Waals surface area contributed by atoms with Gasteiger partial charge < -0.3 is 15.7 Å². The van der Waals surface area contributed by atoms with Crippen LogP contribution in [0.5, 0.6) is 0 Å². The molecule has 0 atom stereocenters. The minimum atomic E-state index is -3.51. The van der Waals surface area contributed by atoms with Crippen LogP contribution in [0.4, 0.5) is 26.1 Å². The highest BCUT2D eigenvalue weighted by Crippen LogP contribution is 2.35. The molecule has 0 radical (unpaired) electrons. The van der Waals surface area contributed by atoms with Crippen LogP contribution in [0.25, 0.3) is 22.6 Å². The van der Waals surface area contributed by atoms with E-state index < -0.39 is 26.8 Å². The molecule has 0 aliphatic heterocycles. The number of hydrogen-bond donors (Lipinski definition) is 3. The quantitative estimate of drug-likeness (QED) is 0.234. The van der Waals surface area contributed by atoms with E-state index in [9.17, 15) is 22.3 Å². The Hall–Kier alpha value is -4.04. The molecule has 2 aliphatic carbocycles. The molecule has 14 heteroatoms. The molecule has 226 valence electrons. The van der Waals surface area contributed by atoms with E-state index in [-0.39, 0.29) is 11.6 Å². The van der Waals surface area contributed by atoms with Crippen LogP contribution in [-0.4, -0.2) is 59.5 Å². The van der Waals surface area contributed by atoms with Gasteiger partial charge in [-0.1, -0.05) is 0 Å². The summed E-state index contributed by atoms with van der Waals surface area (Å²) in [5.74, 6) is -1.82. The van der Waals surface area contributed by atoms with Crippen molar-refractivity contribution in [3.63, 3.8) is 0 Å². The van der Waals surface area contributed by atoms with Crippen molar-refractivity contribution in [3.8, 4) is 22.6 Å². The van der Waals surface area contributed by atoms with Crippen molar-refractivity contribution in [2.75, 3.05) is 10.6 Å². The van der Waals surface area contributed by atoms with Gasteiger partial charge in [-0.15, -0.1) is 0 Å². The van der Waals surface area contributed by atoms with Gasteiger partial charge in [0.2, 0.25) is 0 Å². The number of rotatable bonds is 9. The van der Waals surface area contributed by atoms with Crippen molar-refractivity contribution in [3.05, 3.63) is 60.8 Å². The molecule has 2 aliphatic rings. The Morgan fingerprint density at radius 1 is 1.02 bits per heavy atom. The largest absolute Gasteiger partial charge is 0.390 e. The van der Waals surface area contributed by atoms with Crippen LogP contribution in [0.1, 0.15) is 57.9 Å². The maximum Gasteiger partial charge on any atom is 0.272 e. The highest BCUT2D eigenvalue weighted by Gasteiger charge is 2.37. The fraction of sp³-hybridized carbons (Fsp3) is 0.414. The number of hydrogen-bond acceptors (Lipinski definition) is 10. The monoisotopic (exact) mass is 610 g/mol. The number of halogens is 2. The Bertz CT molecular complexity index is 1730. The third-order valence-corrected chi connectivity index (χ3v) is 9.84. The molecule has 0 saturated heterocycles. The molecule has 2 saturated carbocycles. The van der Waals surface area contributed by atoms with Gasteiger partial charge in [0.05, 0.1) is 34.5 Å². The SMILES string of the molecule is CC1(O)CCC(Nc2cc(Nc3ccnc(-c4cnn(S(=O)(=O)C5CC5)c4)n3)ncc2-c2ccc(C(C)(F)F)cn2)CC1. The number of aliphatic hydroxyl groups is 1. The maximum absolute atomic E-state index is 13.8. The zero-order valence-corrected chi connectivity index (χ0v) is 24.5. The molecule has 0 spiro atoms. The molecule has 4 aromatic heterocycles. The second-order valence-electron chi connectivity index (χ2n) is 11.6. The highest BCUT2D eigenvalue weighted by atomic mass is 32.2. The molecule has 2 fully saturated rings. The molecule has 43 heavy (non-hydrogen) atoms. The Balaban J connectivity index is 1.27. The van der Waals surface area contributed by atoms with E-state index >= 15 is 0 Å². The summed E-state index contributed by atoms with van der Waals surface area (Å²) in [5.41, 5.74) is 1.41. The van der Waals surface area contributed by atoms with E-state index in [1.54, 1.807) is 30.6 Å². The van der Waals surface area contributed by atoms with Crippen molar-refractivity contribution in [2.24, 2.45) is 0 Å². The summed E-state index contributed by atoms with van der Waals surface area (Å²) in [6.45, 7) is 2.67. The van der Waals surface area contributed by atoms with Gasteiger partial charge >= 0.3 is 0 Å². The molecule has 0 unspecified atom stereocenters. The summed E-state index contributed by atoms with van der Waals surface area (Å²) in [7, 11) is -3.51. The lowest BCUT2D eigenvalue weighted by Crippen LogP contribution is -2.35. The molecule has 6 rings (SSSR count). The van der Waals surface area contributed by atoms with E-state index in [0.717, 1.165) is 23.9 Å².